The van der Waals surface area contributed by atoms with E-state index in [4.69, 9.17) is 4.98 Å². The molecule has 1 aliphatic rings. The number of nitrogens with zero attached hydrogens (tertiary/aromatic N) is 5. The molecule has 1 aromatic carbocycles. The Hall–Kier alpha value is -4.51. The molecule has 35 heavy (non-hydrogen) atoms. The van der Waals surface area contributed by atoms with E-state index < -0.39 is 0 Å². The first-order chi connectivity index (χ1) is 17.1. The first-order valence-electron chi connectivity index (χ1n) is 11.5. The number of anilines is 1. The molecular formula is C27H24N6O2. The smallest absolute Gasteiger partial charge is 0.298 e. The Bertz CT molecular complexity index is 1430. The summed E-state index contributed by atoms with van der Waals surface area (Å²) in [5.74, 6) is 6.48. The van der Waals surface area contributed by atoms with Crippen LogP contribution in [0.25, 0.3) is 16.8 Å². The lowest BCUT2D eigenvalue weighted by atomic mass is 9.97. The highest BCUT2D eigenvalue weighted by atomic mass is 16.2. The maximum atomic E-state index is 12.6. The van der Waals surface area contributed by atoms with Gasteiger partial charge >= 0.3 is 0 Å². The Balaban J connectivity index is 1.43. The zero-order valence-corrected chi connectivity index (χ0v) is 19.3. The van der Waals surface area contributed by atoms with Crippen LogP contribution in [0.1, 0.15) is 41.9 Å². The van der Waals surface area contributed by atoms with E-state index in [0.717, 1.165) is 35.4 Å². The number of amides is 2. The summed E-state index contributed by atoms with van der Waals surface area (Å²) in [6.07, 6.45) is 8.91. The summed E-state index contributed by atoms with van der Waals surface area (Å²) in [6, 6.07) is 12.7. The number of carbonyl (C=O) groups is 2. The molecule has 3 aromatic heterocycles. The van der Waals surface area contributed by atoms with Gasteiger partial charge in [-0.05, 0) is 50.0 Å². The molecule has 1 aliphatic heterocycles. The van der Waals surface area contributed by atoms with Crippen LogP contribution in [0.4, 0.5) is 5.82 Å². The average molecular weight is 465 g/mol. The van der Waals surface area contributed by atoms with Crippen LogP contribution < -0.4 is 5.32 Å². The number of nitrogens with one attached hydrogen (secondary N) is 1. The Labute approximate surface area is 203 Å². The Kier molecular flexibility index (Phi) is 6.22. The van der Waals surface area contributed by atoms with Gasteiger partial charge in [0.25, 0.3) is 11.8 Å². The van der Waals surface area contributed by atoms with Crippen molar-refractivity contribution in [3.63, 3.8) is 0 Å². The molecule has 174 valence electrons. The maximum Gasteiger partial charge on any atom is 0.298 e. The summed E-state index contributed by atoms with van der Waals surface area (Å²) in [4.78, 5) is 40.2. The number of benzene rings is 1. The molecule has 4 heterocycles. The minimum absolute atomic E-state index is 0.0958. The van der Waals surface area contributed by atoms with Crippen molar-refractivity contribution >= 4 is 23.1 Å². The molecule has 0 saturated carbocycles. The molecule has 4 aromatic rings. The predicted octanol–water partition coefficient (Wildman–Crippen LogP) is 3.77. The minimum atomic E-state index is -0.227. The van der Waals surface area contributed by atoms with Crippen LogP contribution in [0.5, 0.6) is 0 Å². The summed E-state index contributed by atoms with van der Waals surface area (Å²) >= 11 is 0. The van der Waals surface area contributed by atoms with Crippen molar-refractivity contribution in [2.45, 2.75) is 25.7 Å². The number of pyridine rings is 1. The number of hydrogen-bond donors (Lipinski definition) is 1. The minimum Gasteiger partial charge on any atom is -0.331 e. The fourth-order valence-electron chi connectivity index (χ4n) is 4.43. The number of piperidine rings is 1. The lowest BCUT2D eigenvalue weighted by Crippen LogP contribution is -2.38. The molecule has 8 nitrogen and oxygen atoms in total. The van der Waals surface area contributed by atoms with E-state index in [0.29, 0.717) is 24.5 Å². The molecule has 0 radical (unpaired) electrons. The predicted molar refractivity (Wildman–Crippen MR) is 133 cm³/mol. The van der Waals surface area contributed by atoms with Crippen molar-refractivity contribution in [2.24, 2.45) is 0 Å². The van der Waals surface area contributed by atoms with Crippen molar-refractivity contribution in [3.05, 3.63) is 78.6 Å². The van der Waals surface area contributed by atoms with Gasteiger partial charge in [-0.15, -0.1) is 0 Å². The van der Waals surface area contributed by atoms with E-state index in [9.17, 15) is 9.59 Å². The van der Waals surface area contributed by atoms with Crippen LogP contribution in [0, 0.1) is 11.8 Å². The van der Waals surface area contributed by atoms with Crippen molar-refractivity contribution in [3.8, 4) is 23.1 Å². The molecule has 1 fully saturated rings. The van der Waals surface area contributed by atoms with Crippen LogP contribution in [0.2, 0.25) is 0 Å². The number of rotatable bonds is 4. The van der Waals surface area contributed by atoms with Crippen LogP contribution in [-0.2, 0) is 4.79 Å². The van der Waals surface area contributed by atoms with Gasteiger partial charge in [0, 0.05) is 48.7 Å². The van der Waals surface area contributed by atoms with Crippen molar-refractivity contribution in [2.75, 3.05) is 18.4 Å². The van der Waals surface area contributed by atoms with Crippen molar-refractivity contribution < 1.29 is 9.59 Å². The standard InChI is InChI=1S/C27H24N6O2/c1-2-6-24(34)32-15-5-7-21(18-32)26-31-25(22-17-28-14-16-33(22)26)19-9-11-20(12-10-19)27(35)30-23-8-3-4-13-29-23/h3-4,8-14,16-17,21H,5,7,15,18H2,1H3,(H,29,30,35)/t21-/m1/s1. The van der Waals surface area contributed by atoms with Gasteiger partial charge in [-0.3, -0.25) is 19.0 Å². The molecule has 1 saturated heterocycles. The third-order valence-corrected chi connectivity index (χ3v) is 6.11. The lowest BCUT2D eigenvalue weighted by Gasteiger charge is -2.30. The van der Waals surface area contributed by atoms with Gasteiger partial charge in [0.2, 0.25) is 0 Å². The zero-order valence-electron chi connectivity index (χ0n) is 19.3. The third kappa shape index (κ3) is 4.62. The molecular weight excluding hydrogens is 440 g/mol. The fraction of sp³-hybridized carbons (Fsp3) is 0.222. The van der Waals surface area contributed by atoms with E-state index in [-0.39, 0.29) is 17.7 Å². The highest BCUT2D eigenvalue weighted by Gasteiger charge is 2.28. The molecule has 0 aliphatic carbocycles. The number of fused-ring (bicyclic) bond motifs is 1. The highest BCUT2D eigenvalue weighted by Crippen LogP contribution is 2.32. The van der Waals surface area contributed by atoms with E-state index in [1.165, 1.54) is 0 Å². The van der Waals surface area contributed by atoms with Crippen LogP contribution in [0.15, 0.2) is 67.3 Å². The van der Waals surface area contributed by atoms with Crippen molar-refractivity contribution in [1.82, 2.24) is 24.3 Å². The molecule has 1 atom stereocenters. The molecule has 2 amide bonds. The third-order valence-electron chi connectivity index (χ3n) is 6.11. The number of hydrogen-bond acceptors (Lipinski definition) is 5. The second kappa shape index (κ2) is 9.77. The Morgan fingerprint density at radius 2 is 1.97 bits per heavy atom. The Morgan fingerprint density at radius 1 is 1.11 bits per heavy atom. The zero-order chi connectivity index (χ0) is 24.2. The first kappa shape index (κ1) is 22.3. The van der Waals surface area contributed by atoms with Gasteiger partial charge < -0.3 is 10.2 Å². The van der Waals surface area contributed by atoms with E-state index in [2.05, 4.69) is 27.1 Å². The van der Waals surface area contributed by atoms with Crippen LogP contribution in [-0.4, -0.2) is 49.2 Å². The van der Waals surface area contributed by atoms with Gasteiger partial charge in [-0.25, -0.2) is 9.97 Å². The average Bonchev–Trinajstić information content (AvgIpc) is 3.29. The molecule has 0 spiro atoms. The van der Waals surface area contributed by atoms with Gasteiger partial charge in [0.05, 0.1) is 17.4 Å². The number of aromatic nitrogens is 4. The quantitative estimate of drug-likeness (QED) is 0.464. The van der Waals surface area contributed by atoms with Crippen molar-refractivity contribution in [1.29, 1.82) is 0 Å². The van der Waals surface area contributed by atoms with Gasteiger partial charge in [-0.1, -0.05) is 24.1 Å². The Morgan fingerprint density at radius 3 is 2.74 bits per heavy atom. The summed E-state index contributed by atoms with van der Waals surface area (Å²) < 4.78 is 2.05. The molecule has 5 rings (SSSR count). The summed E-state index contributed by atoms with van der Waals surface area (Å²) in [5.41, 5.74) is 3.09. The second-order valence-corrected chi connectivity index (χ2v) is 8.36. The van der Waals surface area contributed by atoms with E-state index >= 15 is 0 Å². The molecule has 0 bridgehead atoms. The van der Waals surface area contributed by atoms with Gasteiger partial charge in [-0.2, -0.15) is 0 Å². The summed E-state index contributed by atoms with van der Waals surface area (Å²) in [6.45, 7) is 2.97. The SMILES string of the molecule is CC#CC(=O)N1CCC[C@@H](c2nc(-c3ccc(C(=O)Nc4ccccn4)cc3)c3cnccn23)C1. The first-order valence-corrected chi connectivity index (χ1v) is 11.5. The summed E-state index contributed by atoms with van der Waals surface area (Å²) in [5, 5.41) is 2.79. The normalized spacial score (nSPS) is 15.3. The molecule has 0 unspecified atom stereocenters. The largest absolute Gasteiger partial charge is 0.331 e. The van der Waals surface area contributed by atoms with E-state index in [1.54, 1.807) is 49.8 Å². The fourth-order valence-corrected chi connectivity index (χ4v) is 4.43. The summed E-state index contributed by atoms with van der Waals surface area (Å²) in [7, 11) is 0. The van der Waals surface area contributed by atoms with Gasteiger partial charge in [0.1, 0.15) is 11.6 Å². The molecule has 1 N–H and O–H groups in total. The lowest BCUT2D eigenvalue weighted by molar-refractivity contribution is -0.126. The number of imidazole rings is 1. The number of carbonyl (C=O) groups excluding carboxylic acids is 2. The van der Waals surface area contributed by atoms with E-state index in [1.807, 2.05) is 33.7 Å². The monoisotopic (exact) mass is 464 g/mol. The maximum absolute atomic E-state index is 12.6. The highest BCUT2D eigenvalue weighted by molar-refractivity contribution is 6.04. The topological polar surface area (TPSA) is 92.5 Å². The van der Waals surface area contributed by atoms with Gasteiger partial charge in [0.15, 0.2) is 0 Å². The van der Waals surface area contributed by atoms with Crippen LogP contribution >= 0.6 is 0 Å². The second-order valence-electron chi connectivity index (χ2n) is 8.36. The molecule has 8 heteroatoms. The van der Waals surface area contributed by atoms with Crippen LogP contribution in [0.3, 0.4) is 0 Å². The number of likely N-dealkylation sites (tertiary alicyclic amines) is 1.